The van der Waals surface area contributed by atoms with Crippen molar-refractivity contribution < 1.29 is 9.50 Å². The second kappa shape index (κ2) is 5.05. The molecule has 1 rings (SSSR count). The summed E-state index contributed by atoms with van der Waals surface area (Å²) in [4.78, 5) is 0. The van der Waals surface area contributed by atoms with E-state index in [0.29, 0.717) is 18.5 Å². The van der Waals surface area contributed by atoms with Crippen LogP contribution in [0.1, 0.15) is 12.5 Å². The first-order chi connectivity index (χ1) is 7.00. The number of hydrogen-bond donors (Lipinski definition) is 2. The molecule has 0 fully saturated rings. The zero-order chi connectivity index (χ0) is 11.5. The summed E-state index contributed by atoms with van der Waals surface area (Å²) in [7, 11) is 0. The molecular formula is C11H15BrFNO. The third kappa shape index (κ3) is 3.26. The van der Waals surface area contributed by atoms with Crippen LogP contribution in [0.5, 0.6) is 0 Å². The first kappa shape index (κ1) is 12.6. The Morgan fingerprint density at radius 1 is 1.53 bits per heavy atom. The smallest absolute Gasteiger partial charge is 0.126 e. The number of aliphatic hydroxyl groups is 1. The van der Waals surface area contributed by atoms with Crippen molar-refractivity contribution in [3.8, 4) is 0 Å². The third-order valence-electron chi connectivity index (χ3n) is 2.50. The van der Waals surface area contributed by atoms with E-state index in [0.717, 1.165) is 4.47 Å². The molecule has 0 aliphatic carbocycles. The SMILES string of the molecule is CC(CN)(CO)Cc1cc(Br)ccc1F. The lowest BCUT2D eigenvalue weighted by Gasteiger charge is -2.25. The zero-order valence-electron chi connectivity index (χ0n) is 8.63. The molecule has 0 bridgehead atoms. The van der Waals surface area contributed by atoms with Gasteiger partial charge in [-0.3, -0.25) is 0 Å². The van der Waals surface area contributed by atoms with Crippen LogP contribution in [-0.2, 0) is 6.42 Å². The lowest BCUT2D eigenvalue weighted by atomic mass is 9.84. The van der Waals surface area contributed by atoms with Crippen molar-refractivity contribution in [1.82, 2.24) is 0 Å². The van der Waals surface area contributed by atoms with Crippen LogP contribution in [0.4, 0.5) is 4.39 Å². The number of hydrogen-bond acceptors (Lipinski definition) is 2. The van der Waals surface area contributed by atoms with Crippen molar-refractivity contribution >= 4 is 15.9 Å². The van der Waals surface area contributed by atoms with Crippen LogP contribution in [0.3, 0.4) is 0 Å². The summed E-state index contributed by atoms with van der Waals surface area (Å²) in [6.45, 7) is 2.12. The van der Waals surface area contributed by atoms with E-state index in [1.807, 2.05) is 6.92 Å². The summed E-state index contributed by atoms with van der Waals surface area (Å²) >= 11 is 3.29. The molecule has 84 valence electrons. The van der Waals surface area contributed by atoms with Gasteiger partial charge in [0.15, 0.2) is 0 Å². The van der Waals surface area contributed by atoms with E-state index >= 15 is 0 Å². The van der Waals surface area contributed by atoms with Crippen LogP contribution < -0.4 is 5.73 Å². The van der Waals surface area contributed by atoms with Crippen molar-refractivity contribution in [3.05, 3.63) is 34.1 Å². The number of halogens is 2. The second-order valence-electron chi connectivity index (χ2n) is 4.09. The molecular weight excluding hydrogens is 261 g/mol. The minimum absolute atomic E-state index is 0.0462. The van der Waals surface area contributed by atoms with Gasteiger partial charge in [-0.15, -0.1) is 0 Å². The van der Waals surface area contributed by atoms with Gasteiger partial charge in [-0.05, 0) is 30.2 Å². The minimum atomic E-state index is -0.457. The number of benzene rings is 1. The molecule has 0 saturated heterocycles. The molecule has 0 spiro atoms. The molecule has 1 aromatic rings. The number of rotatable bonds is 4. The molecule has 0 aromatic heterocycles. The first-order valence-electron chi connectivity index (χ1n) is 4.75. The van der Waals surface area contributed by atoms with Gasteiger partial charge in [0.25, 0.3) is 0 Å². The highest BCUT2D eigenvalue weighted by atomic mass is 79.9. The predicted octanol–water partition coefficient (Wildman–Crippen LogP) is 2.09. The first-order valence-corrected chi connectivity index (χ1v) is 5.55. The summed E-state index contributed by atoms with van der Waals surface area (Å²) < 4.78 is 14.3. The maximum Gasteiger partial charge on any atom is 0.126 e. The predicted molar refractivity (Wildman–Crippen MR) is 62.1 cm³/mol. The van der Waals surface area contributed by atoms with E-state index < -0.39 is 5.41 Å². The van der Waals surface area contributed by atoms with Gasteiger partial charge in [-0.25, -0.2) is 4.39 Å². The van der Waals surface area contributed by atoms with Crippen molar-refractivity contribution in [3.63, 3.8) is 0 Å². The Hall–Kier alpha value is -0.450. The van der Waals surface area contributed by atoms with Gasteiger partial charge < -0.3 is 10.8 Å². The highest BCUT2D eigenvalue weighted by molar-refractivity contribution is 9.10. The van der Waals surface area contributed by atoms with Gasteiger partial charge in [-0.2, -0.15) is 0 Å². The van der Waals surface area contributed by atoms with Gasteiger partial charge in [0.05, 0.1) is 0 Å². The summed E-state index contributed by atoms with van der Waals surface area (Å²) in [5.74, 6) is -0.258. The molecule has 1 aromatic carbocycles. The standard InChI is InChI=1S/C11H15BrFNO/c1-11(6-14,7-15)5-8-4-9(12)2-3-10(8)13/h2-4,15H,5-7,14H2,1H3. The van der Waals surface area contributed by atoms with E-state index in [4.69, 9.17) is 5.73 Å². The van der Waals surface area contributed by atoms with E-state index in [1.165, 1.54) is 6.07 Å². The average Bonchev–Trinajstić information content (AvgIpc) is 2.23. The van der Waals surface area contributed by atoms with Crippen molar-refractivity contribution in [2.75, 3.05) is 13.2 Å². The Morgan fingerprint density at radius 3 is 2.73 bits per heavy atom. The van der Waals surface area contributed by atoms with Crippen LogP contribution in [-0.4, -0.2) is 18.3 Å². The Labute approximate surface area is 97.4 Å². The molecule has 0 heterocycles. The maximum absolute atomic E-state index is 13.4. The normalized spacial score (nSPS) is 15.0. The molecule has 4 heteroatoms. The Balaban J connectivity index is 2.92. The Bertz CT molecular complexity index is 339. The van der Waals surface area contributed by atoms with Crippen LogP contribution in [0.2, 0.25) is 0 Å². The van der Waals surface area contributed by atoms with Gasteiger partial charge in [0.2, 0.25) is 0 Å². The zero-order valence-corrected chi connectivity index (χ0v) is 10.2. The van der Waals surface area contributed by atoms with E-state index in [9.17, 15) is 9.50 Å². The average molecular weight is 276 g/mol. The van der Waals surface area contributed by atoms with E-state index in [1.54, 1.807) is 12.1 Å². The van der Waals surface area contributed by atoms with Crippen LogP contribution >= 0.6 is 15.9 Å². The van der Waals surface area contributed by atoms with Crippen LogP contribution in [0, 0.1) is 11.2 Å². The summed E-state index contributed by atoms with van der Waals surface area (Å²) in [6, 6.07) is 4.78. The maximum atomic E-state index is 13.4. The second-order valence-corrected chi connectivity index (χ2v) is 5.00. The third-order valence-corrected chi connectivity index (χ3v) is 2.99. The van der Waals surface area contributed by atoms with Gasteiger partial charge in [0, 0.05) is 23.0 Å². The highest BCUT2D eigenvalue weighted by Crippen LogP contribution is 2.24. The minimum Gasteiger partial charge on any atom is -0.396 e. The topological polar surface area (TPSA) is 46.2 Å². The van der Waals surface area contributed by atoms with Gasteiger partial charge >= 0.3 is 0 Å². The number of nitrogens with two attached hydrogens (primary N) is 1. The molecule has 1 atom stereocenters. The summed E-state index contributed by atoms with van der Waals surface area (Å²) in [5.41, 5.74) is 5.68. The summed E-state index contributed by atoms with van der Waals surface area (Å²) in [5, 5.41) is 9.19. The lowest BCUT2D eigenvalue weighted by molar-refractivity contribution is 0.148. The van der Waals surface area contributed by atoms with E-state index in [2.05, 4.69) is 15.9 Å². The number of aliphatic hydroxyl groups excluding tert-OH is 1. The lowest BCUT2D eigenvalue weighted by Crippen LogP contribution is -2.33. The molecule has 1 unspecified atom stereocenters. The van der Waals surface area contributed by atoms with Crippen molar-refractivity contribution in [2.24, 2.45) is 11.1 Å². The quantitative estimate of drug-likeness (QED) is 0.884. The fourth-order valence-electron chi connectivity index (χ4n) is 1.33. The van der Waals surface area contributed by atoms with Crippen molar-refractivity contribution in [1.29, 1.82) is 0 Å². The van der Waals surface area contributed by atoms with Crippen LogP contribution in [0.15, 0.2) is 22.7 Å². The van der Waals surface area contributed by atoms with Crippen LogP contribution in [0.25, 0.3) is 0 Å². The summed E-state index contributed by atoms with van der Waals surface area (Å²) in [6.07, 6.45) is 0.436. The Morgan fingerprint density at radius 2 is 2.20 bits per heavy atom. The van der Waals surface area contributed by atoms with E-state index in [-0.39, 0.29) is 12.4 Å². The van der Waals surface area contributed by atoms with Gasteiger partial charge in [-0.1, -0.05) is 22.9 Å². The molecule has 0 amide bonds. The fourth-order valence-corrected chi connectivity index (χ4v) is 1.74. The van der Waals surface area contributed by atoms with Gasteiger partial charge in [0.1, 0.15) is 5.82 Å². The fraction of sp³-hybridized carbons (Fsp3) is 0.455. The molecule has 15 heavy (non-hydrogen) atoms. The van der Waals surface area contributed by atoms with Crippen molar-refractivity contribution in [2.45, 2.75) is 13.3 Å². The molecule has 0 saturated carbocycles. The highest BCUT2D eigenvalue weighted by Gasteiger charge is 2.23. The molecule has 3 N–H and O–H groups in total. The Kier molecular flexibility index (Phi) is 4.25. The molecule has 0 radical (unpaired) electrons. The molecule has 0 aliphatic rings. The largest absolute Gasteiger partial charge is 0.396 e. The molecule has 0 aliphatic heterocycles. The molecule has 2 nitrogen and oxygen atoms in total. The monoisotopic (exact) mass is 275 g/mol.